The summed E-state index contributed by atoms with van der Waals surface area (Å²) in [4.78, 5) is 23.3. The third-order valence-corrected chi connectivity index (χ3v) is 3.15. The Kier molecular flexibility index (Phi) is 4.51. The normalized spacial score (nSPS) is 11.1. The second kappa shape index (κ2) is 5.63. The van der Waals surface area contributed by atoms with Crippen LogP contribution >= 0.6 is 0 Å². The number of anilines is 2. The summed E-state index contributed by atoms with van der Waals surface area (Å²) in [5.41, 5.74) is 7.70. The number of ether oxygens (including phenoxy) is 1. The highest BCUT2D eigenvalue weighted by Crippen LogP contribution is 2.33. The fourth-order valence-electron chi connectivity index (χ4n) is 2.15. The number of nitrogens with one attached hydrogen (secondary N) is 1. The van der Waals surface area contributed by atoms with E-state index >= 15 is 0 Å². The van der Waals surface area contributed by atoms with Gasteiger partial charge in [0, 0.05) is 5.69 Å². The minimum atomic E-state index is -1.08. The molecule has 21 heavy (non-hydrogen) atoms. The molecule has 1 rings (SSSR count). The van der Waals surface area contributed by atoms with E-state index in [1.807, 2.05) is 0 Å². The number of aromatic carboxylic acids is 1. The minimum absolute atomic E-state index is 0.101. The van der Waals surface area contributed by atoms with Crippen LogP contribution in [0.25, 0.3) is 0 Å². The number of hydrogen-bond donors (Lipinski definition) is 3. The standard InChI is InChI=1S/C15H22N2O4/c1-7-10(13(18)19)8(2)12(9(3)11(7)16)17-14(20)21-15(4,5)6/h16H2,1-6H3,(H,17,20)(H,18,19). The topological polar surface area (TPSA) is 102 Å². The first-order chi connectivity index (χ1) is 9.45. The van der Waals surface area contributed by atoms with Gasteiger partial charge in [0.1, 0.15) is 5.60 Å². The highest BCUT2D eigenvalue weighted by molar-refractivity contribution is 5.99. The Balaban J connectivity index is 3.31. The van der Waals surface area contributed by atoms with Gasteiger partial charge >= 0.3 is 12.1 Å². The number of carboxylic acids is 1. The Morgan fingerprint density at radius 2 is 1.62 bits per heavy atom. The van der Waals surface area contributed by atoms with Gasteiger partial charge in [-0.15, -0.1) is 0 Å². The van der Waals surface area contributed by atoms with Crippen molar-refractivity contribution in [2.24, 2.45) is 0 Å². The summed E-state index contributed by atoms with van der Waals surface area (Å²) < 4.78 is 5.18. The fraction of sp³-hybridized carbons (Fsp3) is 0.467. The van der Waals surface area contributed by atoms with Crippen molar-refractivity contribution in [3.8, 4) is 0 Å². The molecule has 1 amide bonds. The first kappa shape index (κ1) is 16.8. The number of amides is 1. The lowest BCUT2D eigenvalue weighted by molar-refractivity contribution is 0.0632. The van der Waals surface area contributed by atoms with Gasteiger partial charge in [-0.2, -0.15) is 0 Å². The van der Waals surface area contributed by atoms with Gasteiger partial charge in [-0.05, 0) is 58.2 Å². The van der Waals surface area contributed by atoms with E-state index in [1.165, 1.54) is 0 Å². The van der Waals surface area contributed by atoms with E-state index in [-0.39, 0.29) is 5.56 Å². The summed E-state index contributed by atoms with van der Waals surface area (Å²) in [6.45, 7) is 10.3. The zero-order chi connectivity index (χ0) is 16.5. The van der Waals surface area contributed by atoms with Crippen molar-refractivity contribution < 1.29 is 19.4 Å². The summed E-state index contributed by atoms with van der Waals surface area (Å²) in [6.07, 6.45) is -0.645. The molecular formula is C15H22N2O4. The van der Waals surface area contributed by atoms with Gasteiger partial charge in [-0.3, -0.25) is 5.32 Å². The molecule has 0 radical (unpaired) electrons. The Morgan fingerprint density at radius 1 is 1.10 bits per heavy atom. The Labute approximate surface area is 124 Å². The van der Waals surface area contributed by atoms with Crippen LogP contribution in [0.5, 0.6) is 0 Å². The predicted octanol–water partition coefficient (Wildman–Crippen LogP) is 3.24. The van der Waals surface area contributed by atoms with Crippen LogP contribution in [0.4, 0.5) is 16.2 Å². The van der Waals surface area contributed by atoms with Crippen molar-refractivity contribution in [3.63, 3.8) is 0 Å². The predicted molar refractivity (Wildman–Crippen MR) is 81.9 cm³/mol. The molecule has 0 fully saturated rings. The summed E-state index contributed by atoms with van der Waals surface area (Å²) in [5.74, 6) is -1.08. The SMILES string of the molecule is Cc1c(N)c(C)c(C(=O)O)c(C)c1NC(=O)OC(C)(C)C. The van der Waals surface area contributed by atoms with Crippen LogP contribution in [0.15, 0.2) is 0 Å². The number of benzene rings is 1. The Morgan fingerprint density at radius 3 is 2.05 bits per heavy atom. The lowest BCUT2D eigenvalue weighted by atomic mass is 9.95. The van der Waals surface area contributed by atoms with E-state index in [2.05, 4.69) is 5.32 Å². The molecule has 4 N–H and O–H groups in total. The zero-order valence-corrected chi connectivity index (χ0v) is 13.2. The zero-order valence-electron chi connectivity index (χ0n) is 13.2. The van der Waals surface area contributed by atoms with Crippen LogP contribution in [0, 0.1) is 20.8 Å². The summed E-state index contributed by atoms with van der Waals surface area (Å²) in [6, 6.07) is 0. The molecule has 0 spiro atoms. The van der Waals surface area contributed by atoms with Gasteiger partial charge in [-0.1, -0.05) is 0 Å². The van der Waals surface area contributed by atoms with Crippen molar-refractivity contribution in [2.75, 3.05) is 11.1 Å². The van der Waals surface area contributed by atoms with Crippen molar-refractivity contribution in [1.29, 1.82) is 0 Å². The molecule has 0 unspecified atom stereocenters. The third-order valence-electron chi connectivity index (χ3n) is 3.15. The molecule has 0 aliphatic carbocycles. The van der Waals surface area contributed by atoms with Crippen molar-refractivity contribution in [1.82, 2.24) is 0 Å². The van der Waals surface area contributed by atoms with Crippen LogP contribution in [0.3, 0.4) is 0 Å². The molecule has 1 aromatic carbocycles. The Hall–Kier alpha value is -2.24. The van der Waals surface area contributed by atoms with Crippen molar-refractivity contribution in [2.45, 2.75) is 47.1 Å². The van der Waals surface area contributed by atoms with Gasteiger partial charge in [0.2, 0.25) is 0 Å². The molecule has 0 heterocycles. The largest absolute Gasteiger partial charge is 0.478 e. The smallest absolute Gasteiger partial charge is 0.412 e. The molecule has 0 aromatic heterocycles. The average Bonchev–Trinajstić information content (AvgIpc) is 2.29. The number of hydrogen-bond acceptors (Lipinski definition) is 4. The maximum atomic E-state index is 11.9. The van der Waals surface area contributed by atoms with Crippen LogP contribution in [0.2, 0.25) is 0 Å². The number of nitrogens with two attached hydrogens (primary N) is 1. The molecule has 6 nitrogen and oxygen atoms in total. The molecule has 116 valence electrons. The summed E-state index contributed by atoms with van der Waals surface area (Å²) >= 11 is 0. The molecule has 6 heteroatoms. The number of carbonyl (C=O) groups excluding carboxylic acids is 1. The van der Waals surface area contributed by atoms with Gasteiger partial charge in [0.15, 0.2) is 0 Å². The van der Waals surface area contributed by atoms with E-state index < -0.39 is 17.7 Å². The molecule has 0 saturated heterocycles. The van der Waals surface area contributed by atoms with Crippen LogP contribution < -0.4 is 11.1 Å². The van der Waals surface area contributed by atoms with Crippen LogP contribution in [-0.4, -0.2) is 22.8 Å². The Bertz CT molecular complexity index is 601. The summed E-state index contributed by atoms with van der Waals surface area (Å²) in [5, 5.41) is 11.9. The fourth-order valence-corrected chi connectivity index (χ4v) is 2.15. The van der Waals surface area contributed by atoms with Crippen LogP contribution in [-0.2, 0) is 4.74 Å². The quantitative estimate of drug-likeness (QED) is 0.727. The molecule has 0 aliphatic heterocycles. The maximum Gasteiger partial charge on any atom is 0.412 e. The molecule has 0 atom stereocenters. The first-order valence-electron chi connectivity index (χ1n) is 6.58. The number of carboxylic acid groups (broad SMARTS) is 1. The number of rotatable bonds is 2. The van der Waals surface area contributed by atoms with Gasteiger partial charge < -0.3 is 15.6 Å². The minimum Gasteiger partial charge on any atom is -0.478 e. The monoisotopic (exact) mass is 294 g/mol. The van der Waals surface area contributed by atoms with E-state index in [1.54, 1.807) is 41.5 Å². The molecule has 0 saturated carbocycles. The van der Waals surface area contributed by atoms with E-state index in [4.69, 9.17) is 10.5 Å². The van der Waals surface area contributed by atoms with E-state index in [9.17, 15) is 14.7 Å². The number of nitrogen functional groups attached to an aromatic ring is 1. The third kappa shape index (κ3) is 3.65. The van der Waals surface area contributed by atoms with Gasteiger partial charge in [0.05, 0.1) is 11.3 Å². The second-order valence-electron chi connectivity index (χ2n) is 5.97. The van der Waals surface area contributed by atoms with Gasteiger partial charge in [-0.25, -0.2) is 9.59 Å². The first-order valence-corrected chi connectivity index (χ1v) is 6.58. The van der Waals surface area contributed by atoms with E-state index in [0.29, 0.717) is 28.1 Å². The van der Waals surface area contributed by atoms with E-state index in [0.717, 1.165) is 0 Å². The summed E-state index contributed by atoms with van der Waals surface area (Å²) in [7, 11) is 0. The van der Waals surface area contributed by atoms with Crippen molar-refractivity contribution in [3.05, 3.63) is 22.3 Å². The second-order valence-corrected chi connectivity index (χ2v) is 5.97. The van der Waals surface area contributed by atoms with Crippen LogP contribution in [0.1, 0.15) is 47.8 Å². The number of carbonyl (C=O) groups is 2. The lowest BCUT2D eigenvalue weighted by Crippen LogP contribution is -2.28. The highest BCUT2D eigenvalue weighted by atomic mass is 16.6. The maximum absolute atomic E-state index is 11.9. The average molecular weight is 294 g/mol. The molecule has 0 aliphatic rings. The molecule has 1 aromatic rings. The van der Waals surface area contributed by atoms with Gasteiger partial charge in [0.25, 0.3) is 0 Å². The lowest BCUT2D eigenvalue weighted by Gasteiger charge is -2.22. The highest BCUT2D eigenvalue weighted by Gasteiger charge is 2.23. The molecular weight excluding hydrogens is 272 g/mol. The van der Waals surface area contributed by atoms with Crippen molar-refractivity contribution >= 4 is 23.4 Å². The molecule has 0 bridgehead atoms.